The first-order valence-corrected chi connectivity index (χ1v) is 7.90. The molecule has 0 aromatic heterocycles. The summed E-state index contributed by atoms with van der Waals surface area (Å²) in [6, 6.07) is 8.47. The lowest BCUT2D eigenvalue weighted by atomic mass is 10.0. The van der Waals surface area contributed by atoms with E-state index in [1.54, 1.807) is 6.92 Å². The van der Waals surface area contributed by atoms with Crippen molar-refractivity contribution in [1.82, 2.24) is 5.32 Å². The van der Waals surface area contributed by atoms with Crippen molar-refractivity contribution in [2.45, 2.75) is 58.7 Å². The van der Waals surface area contributed by atoms with Gasteiger partial charge in [0.25, 0.3) is 0 Å². The fourth-order valence-corrected chi connectivity index (χ4v) is 2.12. The molecule has 0 aliphatic heterocycles. The largest absolute Gasteiger partial charge is 0.464 e. The smallest absolute Gasteiger partial charge is 0.337 e. The van der Waals surface area contributed by atoms with Crippen LogP contribution in [0.2, 0.25) is 0 Å². The van der Waals surface area contributed by atoms with E-state index in [-0.39, 0.29) is 0 Å². The number of hydrogen-bond donors (Lipinski definition) is 2. The van der Waals surface area contributed by atoms with E-state index < -0.39 is 12.1 Å². The van der Waals surface area contributed by atoms with Gasteiger partial charge >= 0.3 is 5.97 Å². The molecule has 0 saturated heterocycles. The zero-order valence-electron chi connectivity index (χ0n) is 13.2. The Morgan fingerprint density at radius 3 is 2.43 bits per heavy atom. The van der Waals surface area contributed by atoms with Gasteiger partial charge in [0, 0.05) is 6.54 Å². The average Bonchev–Trinajstić information content (AvgIpc) is 2.50. The molecular formula is C17H28N2O2. The molecule has 0 saturated carbocycles. The molecule has 0 amide bonds. The van der Waals surface area contributed by atoms with Crippen molar-refractivity contribution in [1.29, 1.82) is 0 Å². The van der Waals surface area contributed by atoms with E-state index in [1.807, 2.05) is 0 Å². The third kappa shape index (κ3) is 7.25. The summed E-state index contributed by atoms with van der Waals surface area (Å²) in [6.45, 7) is 4.91. The SMILES string of the molecule is CCCCCCc1ccc(CNC(N)C(=O)OCC)cc1. The monoisotopic (exact) mass is 292 g/mol. The molecule has 0 fully saturated rings. The van der Waals surface area contributed by atoms with Gasteiger partial charge in [-0.05, 0) is 30.9 Å². The van der Waals surface area contributed by atoms with Crippen LogP contribution in [0.5, 0.6) is 0 Å². The molecule has 1 unspecified atom stereocenters. The maximum absolute atomic E-state index is 11.4. The van der Waals surface area contributed by atoms with Crippen molar-refractivity contribution < 1.29 is 9.53 Å². The molecule has 4 heteroatoms. The standard InChI is InChI=1S/C17H28N2O2/c1-3-5-6-7-8-14-9-11-15(12-10-14)13-19-16(18)17(20)21-4-2/h9-12,16,19H,3-8,13,18H2,1-2H3. The summed E-state index contributed by atoms with van der Waals surface area (Å²) in [5.74, 6) is -0.412. The predicted octanol–water partition coefficient (Wildman–Crippen LogP) is 2.75. The summed E-state index contributed by atoms with van der Waals surface area (Å²) >= 11 is 0. The first kappa shape index (κ1) is 17.7. The Morgan fingerprint density at radius 2 is 1.81 bits per heavy atom. The number of nitrogens with one attached hydrogen (secondary N) is 1. The second-order valence-electron chi connectivity index (χ2n) is 5.24. The number of carbonyl (C=O) groups excluding carboxylic acids is 1. The molecule has 0 aliphatic carbocycles. The van der Waals surface area contributed by atoms with Crippen LogP contribution in [-0.4, -0.2) is 18.7 Å². The summed E-state index contributed by atoms with van der Waals surface area (Å²) in [5, 5.41) is 2.97. The van der Waals surface area contributed by atoms with Crippen molar-refractivity contribution in [3.63, 3.8) is 0 Å². The van der Waals surface area contributed by atoms with Crippen molar-refractivity contribution >= 4 is 5.97 Å². The lowest BCUT2D eigenvalue weighted by molar-refractivity contribution is -0.145. The molecule has 0 bridgehead atoms. The lowest BCUT2D eigenvalue weighted by Crippen LogP contribution is -2.44. The van der Waals surface area contributed by atoms with Gasteiger partial charge in [0.05, 0.1) is 6.61 Å². The van der Waals surface area contributed by atoms with Crippen molar-refractivity contribution in [3.05, 3.63) is 35.4 Å². The number of unbranched alkanes of at least 4 members (excludes halogenated alkanes) is 3. The first-order chi connectivity index (χ1) is 10.2. The van der Waals surface area contributed by atoms with E-state index in [9.17, 15) is 4.79 Å². The molecule has 1 rings (SSSR count). The Hall–Kier alpha value is -1.39. The number of benzene rings is 1. The summed E-state index contributed by atoms with van der Waals surface area (Å²) in [5.41, 5.74) is 8.17. The van der Waals surface area contributed by atoms with E-state index in [0.29, 0.717) is 13.2 Å². The van der Waals surface area contributed by atoms with Gasteiger partial charge in [-0.25, -0.2) is 4.79 Å². The Bertz CT molecular complexity index is 404. The van der Waals surface area contributed by atoms with Gasteiger partial charge in [-0.3, -0.25) is 5.32 Å². The van der Waals surface area contributed by atoms with E-state index >= 15 is 0 Å². The van der Waals surface area contributed by atoms with Crippen molar-refractivity contribution in [2.24, 2.45) is 5.73 Å². The fraction of sp³-hybridized carbons (Fsp3) is 0.588. The normalized spacial score (nSPS) is 12.1. The van der Waals surface area contributed by atoms with Crippen LogP contribution in [0.3, 0.4) is 0 Å². The zero-order valence-corrected chi connectivity index (χ0v) is 13.2. The van der Waals surface area contributed by atoms with Gasteiger partial charge in [0.15, 0.2) is 6.17 Å². The maximum Gasteiger partial charge on any atom is 0.337 e. The Labute approximate surface area is 128 Å². The second kappa shape index (κ2) is 10.4. The van der Waals surface area contributed by atoms with Crippen LogP contribution < -0.4 is 11.1 Å². The molecular weight excluding hydrogens is 264 g/mol. The molecule has 0 radical (unpaired) electrons. The number of esters is 1. The minimum absolute atomic E-state index is 0.348. The highest BCUT2D eigenvalue weighted by atomic mass is 16.5. The third-order valence-corrected chi connectivity index (χ3v) is 3.41. The van der Waals surface area contributed by atoms with Gasteiger partial charge in [0.2, 0.25) is 0 Å². The van der Waals surface area contributed by atoms with Gasteiger partial charge in [0.1, 0.15) is 0 Å². The molecule has 1 aromatic carbocycles. The predicted molar refractivity (Wildman–Crippen MR) is 85.7 cm³/mol. The minimum atomic E-state index is -0.765. The van der Waals surface area contributed by atoms with Gasteiger partial charge in [-0.1, -0.05) is 50.5 Å². The number of rotatable bonds is 10. The molecule has 118 valence electrons. The number of nitrogens with two attached hydrogens (primary N) is 1. The molecule has 0 heterocycles. The highest BCUT2D eigenvalue weighted by Gasteiger charge is 2.12. The van der Waals surface area contributed by atoms with E-state index in [2.05, 4.69) is 36.5 Å². The highest BCUT2D eigenvalue weighted by molar-refractivity contribution is 5.74. The van der Waals surface area contributed by atoms with Crippen LogP contribution in [0.15, 0.2) is 24.3 Å². The van der Waals surface area contributed by atoms with Crippen LogP contribution in [-0.2, 0) is 22.5 Å². The molecule has 21 heavy (non-hydrogen) atoms. The molecule has 0 aliphatic rings. The zero-order chi connectivity index (χ0) is 15.5. The summed E-state index contributed by atoms with van der Waals surface area (Å²) < 4.78 is 4.85. The van der Waals surface area contributed by atoms with Gasteiger partial charge in [-0.15, -0.1) is 0 Å². The van der Waals surface area contributed by atoms with E-state index in [1.165, 1.54) is 31.2 Å². The summed E-state index contributed by atoms with van der Waals surface area (Å²) in [4.78, 5) is 11.4. The van der Waals surface area contributed by atoms with Crippen LogP contribution >= 0.6 is 0 Å². The molecule has 0 spiro atoms. The molecule has 1 aromatic rings. The average molecular weight is 292 g/mol. The van der Waals surface area contributed by atoms with Gasteiger partial charge in [-0.2, -0.15) is 0 Å². The van der Waals surface area contributed by atoms with Crippen LogP contribution in [0.4, 0.5) is 0 Å². The number of ether oxygens (including phenoxy) is 1. The van der Waals surface area contributed by atoms with Crippen molar-refractivity contribution in [2.75, 3.05) is 6.61 Å². The molecule has 4 nitrogen and oxygen atoms in total. The molecule has 1 atom stereocenters. The lowest BCUT2D eigenvalue weighted by Gasteiger charge is -2.12. The quantitative estimate of drug-likeness (QED) is 0.395. The number of carbonyl (C=O) groups is 1. The topological polar surface area (TPSA) is 64.3 Å². The number of aryl methyl sites for hydroxylation is 1. The van der Waals surface area contributed by atoms with Crippen LogP contribution in [0.25, 0.3) is 0 Å². The Balaban J connectivity index is 2.32. The fourth-order valence-electron chi connectivity index (χ4n) is 2.12. The van der Waals surface area contributed by atoms with Crippen molar-refractivity contribution in [3.8, 4) is 0 Å². The highest BCUT2D eigenvalue weighted by Crippen LogP contribution is 2.09. The Morgan fingerprint density at radius 1 is 1.14 bits per heavy atom. The summed E-state index contributed by atoms with van der Waals surface area (Å²) in [6.07, 6.45) is 5.50. The maximum atomic E-state index is 11.4. The first-order valence-electron chi connectivity index (χ1n) is 7.90. The van der Waals surface area contributed by atoms with Crippen LogP contribution in [0.1, 0.15) is 50.7 Å². The third-order valence-electron chi connectivity index (χ3n) is 3.41. The number of hydrogen-bond acceptors (Lipinski definition) is 4. The van der Waals surface area contributed by atoms with E-state index in [0.717, 1.165) is 12.0 Å². The minimum Gasteiger partial charge on any atom is -0.464 e. The van der Waals surface area contributed by atoms with Crippen LogP contribution in [0, 0.1) is 0 Å². The Kier molecular flexibility index (Phi) is 8.71. The summed E-state index contributed by atoms with van der Waals surface area (Å²) in [7, 11) is 0. The second-order valence-corrected chi connectivity index (χ2v) is 5.24. The van der Waals surface area contributed by atoms with E-state index in [4.69, 9.17) is 10.5 Å². The molecule has 3 N–H and O–H groups in total. The van der Waals surface area contributed by atoms with Gasteiger partial charge < -0.3 is 10.5 Å².